The third-order valence-electron chi connectivity index (χ3n) is 5.44. The van der Waals surface area contributed by atoms with Gasteiger partial charge < -0.3 is 25.5 Å². The lowest BCUT2D eigenvalue weighted by atomic mass is 9.92. The fourth-order valence-electron chi connectivity index (χ4n) is 3.67. The Kier molecular flexibility index (Phi) is 8.59. The van der Waals surface area contributed by atoms with Gasteiger partial charge in [0.15, 0.2) is 11.6 Å². The van der Waals surface area contributed by atoms with Crippen molar-refractivity contribution in [2.24, 2.45) is 0 Å². The van der Waals surface area contributed by atoms with Crippen LogP contribution in [0.5, 0.6) is 0 Å². The molecule has 2 aromatic carbocycles. The number of likely N-dealkylation sites (tertiary alicyclic amines) is 1. The smallest absolute Gasteiger partial charge is 0.256 e. The number of nitrogens with zero attached hydrogens (tertiary/aromatic N) is 2. The van der Waals surface area contributed by atoms with Gasteiger partial charge in [0, 0.05) is 10.1 Å². The predicted octanol–water partition coefficient (Wildman–Crippen LogP) is 3.57. The number of halogens is 4. The van der Waals surface area contributed by atoms with Gasteiger partial charge in [-0.1, -0.05) is 0 Å². The molecule has 0 spiro atoms. The molecule has 2 aromatic rings. The maximum absolute atomic E-state index is 14.6. The van der Waals surface area contributed by atoms with Gasteiger partial charge in [0.1, 0.15) is 11.4 Å². The molecule has 3 rings (SSSR count). The van der Waals surface area contributed by atoms with E-state index in [1.807, 2.05) is 36.7 Å². The molecule has 6 nitrogen and oxygen atoms in total. The number of nitrogens with one attached hydrogen (secondary N) is 2. The fourth-order valence-corrected chi connectivity index (χ4v) is 4.12. The van der Waals surface area contributed by atoms with E-state index in [-0.39, 0.29) is 24.3 Å². The summed E-state index contributed by atoms with van der Waals surface area (Å²) >= 11 is 1.93. The second-order valence-electron chi connectivity index (χ2n) is 8.61. The highest BCUT2D eigenvalue weighted by Crippen LogP contribution is 2.31. The zero-order chi connectivity index (χ0) is 24.2. The topological polar surface area (TPSA) is 67.8 Å². The first-order valence-corrected chi connectivity index (χ1v) is 11.7. The standard InChI is InChI=1S/C23H28F3IN4O2/c1-30(2)10-4-3-9-28-12-23(33)13-31(14-23)22(32)16-6-7-17(24)20(26)21(16)29-19-8-5-15(27)11-18(19)25/h5-8,11,28-29,33H,3-4,9-10,12-14H2,1-2H3. The van der Waals surface area contributed by atoms with Gasteiger partial charge in [0.2, 0.25) is 0 Å². The highest BCUT2D eigenvalue weighted by molar-refractivity contribution is 14.1. The summed E-state index contributed by atoms with van der Waals surface area (Å²) in [5, 5.41) is 16.3. The Hall–Kier alpha value is -1.89. The molecule has 180 valence electrons. The van der Waals surface area contributed by atoms with E-state index < -0.39 is 34.6 Å². The van der Waals surface area contributed by atoms with Crippen molar-refractivity contribution in [3.05, 3.63) is 56.9 Å². The molecular formula is C23H28F3IN4O2. The third kappa shape index (κ3) is 6.58. The van der Waals surface area contributed by atoms with Crippen LogP contribution in [0.25, 0.3) is 0 Å². The highest BCUT2D eigenvalue weighted by Gasteiger charge is 2.44. The molecule has 33 heavy (non-hydrogen) atoms. The summed E-state index contributed by atoms with van der Waals surface area (Å²) in [6.07, 6.45) is 2.01. The summed E-state index contributed by atoms with van der Waals surface area (Å²) in [6, 6.07) is 6.26. The van der Waals surface area contributed by atoms with E-state index in [0.717, 1.165) is 38.1 Å². The van der Waals surface area contributed by atoms with E-state index in [0.29, 0.717) is 10.1 Å². The second-order valence-corrected chi connectivity index (χ2v) is 9.85. The van der Waals surface area contributed by atoms with Gasteiger partial charge in [-0.25, -0.2) is 13.2 Å². The summed E-state index contributed by atoms with van der Waals surface area (Å²) in [7, 11) is 4.03. The molecule has 1 aliphatic heterocycles. The number of carbonyl (C=O) groups excluding carboxylic acids is 1. The summed E-state index contributed by atoms with van der Waals surface area (Å²) in [6.45, 7) is 2.20. The maximum Gasteiger partial charge on any atom is 0.256 e. The molecule has 0 aliphatic carbocycles. The van der Waals surface area contributed by atoms with Crippen molar-refractivity contribution in [3.63, 3.8) is 0 Å². The van der Waals surface area contributed by atoms with Crippen LogP contribution in [0.15, 0.2) is 30.3 Å². The third-order valence-corrected chi connectivity index (χ3v) is 6.11. The summed E-state index contributed by atoms with van der Waals surface area (Å²) in [4.78, 5) is 16.4. The molecule has 0 atom stereocenters. The minimum absolute atomic E-state index is 0.0624. The van der Waals surface area contributed by atoms with Crippen molar-refractivity contribution in [2.45, 2.75) is 18.4 Å². The Bertz CT molecular complexity index is 1000. The van der Waals surface area contributed by atoms with Crippen molar-refractivity contribution < 1.29 is 23.1 Å². The van der Waals surface area contributed by atoms with Crippen molar-refractivity contribution >= 4 is 39.9 Å². The summed E-state index contributed by atoms with van der Waals surface area (Å²) < 4.78 is 43.4. The fraction of sp³-hybridized carbons (Fsp3) is 0.435. The van der Waals surface area contributed by atoms with Gasteiger partial charge in [-0.3, -0.25) is 4.79 Å². The lowest BCUT2D eigenvalue weighted by Crippen LogP contribution is -2.67. The largest absolute Gasteiger partial charge is 0.385 e. The van der Waals surface area contributed by atoms with Crippen LogP contribution in [0.1, 0.15) is 23.2 Å². The molecule has 0 unspecified atom stereocenters. The molecular weight excluding hydrogens is 548 g/mol. The second kappa shape index (κ2) is 11.0. The molecule has 1 heterocycles. The van der Waals surface area contributed by atoms with E-state index in [1.165, 1.54) is 17.0 Å². The first-order valence-electron chi connectivity index (χ1n) is 10.7. The lowest BCUT2D eigenvalue weighted by Gasteiger charge is -2.46. The summed E-state index contributed by atoms with van der Waals surface area (Å²) in [5.41, 5.74) is -1.72. The number of carbonyl (C=O) groups is 1. The van der Waals surface area contributed by atoms with E-state index in [2.05, 4.69) is 15.5 Å². The molecule has 3 N–H and O–H groups in total. The summed E-state index contributed by atoms with van der Waals surface area (Å²) in [5.74, 6) is -3.65. The molecule has 0 bridgehead atoms. The number of anilines is 2. The monoisotopic (exact) mass is 576 g/mol. The quantitative estimate of drug-likeness (QED) is 0.298. The SMILES string of the molecule is CN(C)CCCCNCC1(O)CN(C(=O)c2ccc(F)c(F)c2Nc2ccc(I)cc2F)C1. The van der Waals surface area contributed by atoms with Crippen LogP contribution < -0.4 is 10.6 Å². The van der Waals surface area contributed by atoms with E-state index >= 15 is 0 Å². The first kappa shape index (κ1) is 25.7. The molecule has 10 heteroatoms. The van der Waals surface area contributed by atoms with Gasteiger partial charge >= 0.3 is 0 Å². The maximum atomic E-state index is 14.6. The average Bonchev–Trinajstić information content (AvgIpc) is 2.73. The van der Waals surface area contributed by atoms with Crippen LogP contribution >= 0.6 is 22.6 Å². The van der Waals surface area contributed by atoms with Crippen molar-refractivity contribution in [1.29, 1.82) is 0 Å². The number of benzene rings is 2. The Morgan fingerprint density at radius 2 is 1.88 bits per heavy atom. The van der Waals surface area contributed by atoms with Gasteiger partial charge in [0.25, 0.3) is 5.91 Å². The Labute approximate surface area is 205 Å². The normalized spacial score (nSPS) is 15.0. The van der Waals surface area contributed by atoms with Gasteiger partial charge in [0.05, 0.1) is 30.0 Å². The average molecular weight is 576 g/mol. The number of aliphatic hydroxyl groups is 1. The van der Waals surface area contributed by atoms with Gasteiger partial charge in [-0.2, -0.15) is 0 Å². The number of hydrogen-bond donors (Lipinski definition) is 3. The van der Waals surface area contributed by atoms with Crippen LogP contribution in [0.2, 0.25) is 0 Å². The van der Waals surface area contributed by atoms with Crippen molar-refractivity contribution in [1.82, 2.24) is 15.1 Å². The minimum Gasteiger partial charge on any atom is -0.385 e. The van der Waals surface area contributed by atoms with Crippen molar-refractivity contribution in [2.75, 3.05) is 52.1 Å². The first-order chi connectivity index (χ1) is 15.6. The molecule has 1 saturated heterocycles. The number of rotatable bonds is 10. The lowest BCUT2D eigenvalue weighted by molar-refractivity contribution is -0.0784. The molecule has 0 saturated carbocycles. The van der Waals surface area contributed by atoms with E-state index in [1.54, 1.807) is 6.07 Å². The number of hydrogen-bond acceptors (Lipinski definition) is 5. The molecule has 0 aromatic heterocycles. The van der Waals surface area contributed by atoms with Crippen LogP contribution in [-0.4, -0.2) is 73.2 Å². The molecule has 0 radical (unpaired) electrons. The number of β-amino-alcohol motifs (C(OH)–C–C–N with tert-alkyl or cyclic N) is 1. The Morgan fingerprint density at radius 3 is 2.55 bits per heavy atom. The minimum atomic E-state index is -1.27. The van der Waals surface area contributed by atoms with Crippen LogP contribution in [0.4, 0.5) is 24.5 Å². The molecule has 1 aliphatic rings. The molecule has 1 fully saturated rings. The van der Waals surface area contributed by atoms with Gasteiger partial charge in [-0.15, -0.1) is 0 Å². The number of unbranched alkanes of at least 4 members (excludes halogenated alkanes) is 1. The van der Waals surface area contributed by atoms with Gasteiger partial charge in [-0.05, 0) is 92.9 Å². The van der Waals surface area contributed by atoms with E-state index in [9.17, 15) is 23.1 Å². The van der Waals surface area contributed by atoms with E-state index in [4.69, 9.17) is 0 Å². The Morgan fingerprint density at radius 1 is 1.15 bits per heavy atom. The Balaban J connectivity index is 1.63. The highest BCUT2D eigenvalue weighted by atomic mass is 127. The van der Waals surface area contributed by atoms with Crippen molar-refractivity contribution in [3.8, 4) is 0 Å². The van der Waals surface area contributed by atoms with Crippen LogP contribution in [0.3, 0.4) is 0 Å². The van der Waals surface area contributed by atoms with Crippen LogP contribution in [-0.2, 0) is 0 Å². The number of amides is 1. The predicted molar refractivity (Wildman–Crippen MR) is 130 cm³/mol. The molecule has 1 amide bonds. The van der Waals surface area contributed by atoms with Crippen LogP contribution in [0, 0.1) is 21.0 Å². The zero-order valence-corrected chi connectivity index (χ0v) is 20.8. The zero-order valence-electron chi connectivity index (χ0n) is 18.6.